The highest BCUT2D eigenvalue weighted by atomic mass is 16.1. The summed E-state index contributed by atoms with van der Waals surface area (Å²) in [5, 5.41) is 0. The van der Waals surface area contributed by atoms with Gasteiger partial charge in [-0.2, -0.15) is 0 Å². The summed E-state index contributed by atoms with van der Waals surface area (Å²) in [5.41, 5.74) is 15.3. The lowest BCUT2D eigenvalue weighted by atomic mass is 10.0. The van der Waals surface area contributed by atoms with Crippen molar-refractivity contribution in [2.45, 2.75) is 6.92 Å². The highest BCUT2D eigenvalue weighted by Gasteiger charge is 2.02. The van der Waals surface area contributed by atoms with Crippen LogP contribution in [0, 0.1) is 0 Å². The summed E-state index contributed by atoms with van der Waals surface area (Å²) in [7, 11) is 0. The maximum atomic E-state index is 11.2. The summed E-state index contributed by atoms with van der Waals surface area (Å²) < 4.78 is 0. The number of ketones is 1. The molecule has 0 aliphatic rings. The van der Waals surface area contributed by atoms with Crippen molar-refractivity contribution in [2.24, 2.45) is 0 Å². The molecule has 0 atom stereocenters. The first-order chi connectivity index (χ1) is 8.08. The zero-order chi connectivity index (χ0) is 12.4. The summed E-state index contributed by atoms with van der Waals surface area (Å²) in [4.78, 5) is 11.2. The lowest BCUT2D eigenvalue weighted by Gasteiger charge is -2.05. The van der Waals surface area contributed by atoms with Gasteiger partial charge in [-0.15, -0.1) is 0 Å². The molecule has 3 nitrogen and oxygen atoms in total. The zero-order valence-electron chi connectivity index (χ0n) is 9.60. The van der Waals surface area contributed by atoms with Gasteiger partial charge < -0.3 is 11.5 Å². The van der Waals surface area contributed by atoms with Crippen LogP contribution in [0.2, 0.25) is 0 Å². The molecular formula is C14H14N2O. The van der Waals surface area contributed by atoms with Crippen molar-refractivity contribution in [3.8, 4) is 11.1 Å². The van der Waals surface area contributed by atoms with Crippen LogP contribution in [0.15, 0.2) is 42.5 Å². The Labute approximate surface area is 100 Å². The fourth-order valence-electron chi connectivity index (χ4n) is 1.65. The number of hydrogen-bond donors (Lipinski definition) is 2. The number of nitrogen functional groups attached to an aromatic ring is 2. The Kier molecular flexibility index (Phi) is 2.83. The van der Waals surface area contributed by atoms with E-state index in [2.05, 4.69) is 0 Å². The van der Waals surface area contributed by atoms with E-state index in [1.165, 1.54) is 0 Å². The van der Waals surface area contributed by atoms with Gasteiger partial charge in [-0.3, -0.25) is 4.79 Å². The number of benzene rings is 2. The first-order valence-electron chi connectivity index (χ1n) is 5.34. The summed E-state index contributed by atoms with van der Waals surface area (Å²) in [6.07, 6.45) is 0. The number of nitrogens with two attached hydrogens (primary N) is 2. The fourth-order valence-corrected chi connectivity index (χ4v) is 1.65. The smallest absolute Gasteiger partial charge is 0.159 e. The SMILES string of the molecule is CC(=O)c1ccc(-c2ccc(N)c(N)c2)cc1. The van der Waals surface area contributed by atoms with Gasteiger partial charge in [0.2, 0.25) is 0 Å². The monoisotopic (exact) mass is 226 g/mol. The molecule has 4 N–H and O–H groups in total. The van der Waals surface area contributed by atoms with E-state index in [0.717, 1.165) is 11.1 Å². The first-order valence-corrected chi connectivity index (χ1v) is 5.34. The van der Waals surface area contributed by atoms with E-state index >= 15 is 0 Å². The molecule has 0 saturated heterocycles. The van der Waals surface area contributed by atoms with Gasteiger partial charge in [-0.1, -0.05) is 30.3 Å². The lowest BCUT2D eigenvalue weighted by Crippen LogP contribution is -1.95. The van der Waals surface area contributed by atoms with Gasteiger partial charge in [0.05, 0.1) is 11.4 Å². The minimum atomic E-state index is 0.0633. The molecule has 0 heterocycles. The van der Waals surface area contributed by atoms with Gasteiger partial charge >= 0.3 is 0 Å². The van der Waals surface area contributed by atoms with E-state index in [9.17, 15) is 4.79 Å². The van der Waals surface area contributed by atoms with Crippen molar-refractivity contribution < 1.29 is 4.79 Å². The van der Waals surface area contributed by atoms with Crippen molar-refractivity contribution in [1.82, 2.24) is 0 Å². The molecule has 0 bridgehead atoms. The van der Waals surface area contributed by atoms with Crippen molar-refractivity contribution in [2.75, 3.05) is 11.5 Å². The maximum absolute atomic E-state index is 11.2. The topological polar surface area (TPSA) is 69.1 Å². The van der Waals surface area contributed by atoms with E-state index in [4.69, 9.17) is 11.5 Å². The largest absolute Gasteiger partial charge is 0.397 e. The van der Waals surface area contributed by atoms with E-state index in [1.807, 2.05) is 36.4 Å². The standard InChI is InChI=1S/C14H14N2O/c1-9(17)10-2-4-11(5-3-10)12-6-7-13(15)14(16)8-12/h2-8H,15-16H2,1H3. The van der Waals surface area contributed by atoms with Crippen LogP contribution in [0.1, 0.15) is 17.3 Å². The third-order valence-electron chi connectivity index (χ3n) is 2.71. The Morgan fingerprint density at radius 1 is 0.882 bits per heavy atom. The molecule has 86 valence electrons. The summed E-state index contributed by atoms with van der Waals surface area (Å²) >= 11 is 0. The highest BCUT2D eigenvalue weighted by Crippen LogP contribution is 2.25. The molecule has 0 amide bonds. The summed E-state index contributed by atoms with van der Waals surface area (Å²) in [6, 6.07) is 13.0. The number of carbonyl (C=O) groups is 1. The van der Waals surface area contributed by atoms with E-state index in [-0.39, 0.29) is 5.78 Å². The minimum absolute atomic E-state index is 0.0633. The zero-order valence-corrected chi connectivity index (χ0v) is 9.60. The van der Waals surface area contributed by atoms with Crippen molar-refractivity contribution in [1.29, 1.82) is 0 Å². The van der Waals surface area contributed by atoms with Crippen LogP contribution in [0.4, 0.5) is 11.4 Å². The number of hydrogen-bond acceptors (Lipinski definition) is 3. The molecular weight excluding hydrogens is 212 g/mol. The van der Waals surface area contributed by atoms with Crippen LogP contribution in [0.3, 0.4) is 0 Å². The van der Waals surface area contributed by atoms with Gasteiger partial charge in [-0.25, -0.2) is 0 Å². The molecule has 0 aromatic heterocycles. The van der Waals surface area contributed by atoms with Gasteiger partial charge in [-0.05, 0) is 30.2 Å². The van der Waals surface area contributed by atoms with E-state index in [0.29, 0.717) is 16.9 Å². The van der Waals surface area contributed by atoms with Gasteiger partial charge in [0.25, 0.3) is 0 Å². The molecule has 0 spiro atoms. The van der Waals surface area contributed by atoms with Crippen molar-refractivity contribution >= 4 is 17.2 Å². The third-order valence-corrected chi connectivity index (χ3v) is 2.71. The Morgan fingerprint density at radius 2 is 1.47 bits per heavy atom. The van der Waals surface area contributed by atoms with Crippen LogP contribution in [0.25, 0.3) is 11.1 Å². The van der Waals surface area contributed by atoms with Crippen molar-refractivity contribution in [3.63, 3.8) is 0 Å². The third kappa shape index (κ3) is 2.28. The van der Waals surface area contributed by atoms with Gasteiger partial charge in [0.15, 0.2) is 5.78 Å². The second-order valence-corrected chi connectivity index (χ2v) is 3.98. The molecule has 0 aliphatic carbocycles. The van der Waals surface area contributed by atoms with Crippen LogP contribution in [-0.4, -0.2) is 5.78 Å². The number of carbonyl (C=O) groups excluding carboxylic acids is 1. The van der Waals surface area contributed by atoms with Crippen LogP contribution >= 0.6 is 0 Å². The molecule has 2 aromatic carbocycles. The highest BCUT2D eigenvalue weighted by molar-refractivity contribution is 5.94. The molecule has 0 radical (unpaired) electrons. The molecule has 2 aromatic rings. The second-order valence-electron chi connectivity index (χ2n) is 3.98. The van der Waals surface area contributed by atoms with Crippen LogP contribution in [-0.2, 0) is 0 Å². The average molecular weight is 226 g/mol. The lowest BCUT2D eigenvalue weighted by molar-refractivity contribution is 0.101. The summed E-state index contributed by atoms with van der Waals surface area (Å²) in [6.45, 7) is 1.55. The Hall–Kier alpha value is -2.29. The van der Waals surface area contributed by atoms with Gasteiger partial charge in [0.1, 0.15) is 0 Å². The molecule has 0 saturated carbocycles. The predicted octanol–water partition coefficient (Wildman–Crippen LogP) is 2.72. The normalized spacial score (nSPS) is 10.2. The number of anilines is 2. The molecule has 3 heteroatoms. The second kappa shape index (κ2) is 4.29. The van der Waals surface area contributed by atoms with Crippen LogP contribution < -0.4 is 11.5 Å². The van der Waals surface area contributed by atoms with Crippen LogP contribution in [0.5, 0.6) is 0 Å². The summed E-state index contributed by atoms with van der Waals surface area (Å²) in [5.74, 6) is 0.0633. The number of rotatable bonds is 2. The molecule has 2 rings (SSSR count). The van der Waals surface area contributed by atoms with E-state index < -0.39 is 0 Å². The Balaban J connectivity index is 2.39. The molecule has 17 heavy (non-hydrogen) atoms. The first kappa shape index (κ1) is 11.2. The Morgan fingerprint density at radius 3 is 2.00 bits per heavy atom. The quantitative estimate of drug-likeness (QED) is 0.611. The van der Waals surface area contributed by atoms with E-state index in [1.54, 1.807) is 13.0 Å². The number of Topliss-reactive ketones (excluding diaryl/α,β-unsaturated/α-hetero) is 1. The van der Waals surface area contributed by atoms with Gasteiger partial charge in [0, 0.05) is 5.56 Å². The molecule has 0 unspecified atom stereocenters. The minimum Gasteiger partial charge on any atom is -0.397 e. The van der Waals surface area contributed by atoms with Crippen molar-refractivity contribution in [3.05, 3.63) is 48.0 Å². The average Bonchev–Trinajstić information content (AvgIpc) is 2.33. The molecule has 0 aliphatic heterocycles. The maximum Gasteiger partial charge on any atom is 0.159 e. The Bertz CT molecular complexity index is 559. The molecule has 0 fully saturated rings. The fraction of sp³-hybridized carbons (Fsp3) is 0.0714. The predicted molar refractivity (Wildman–Crippen MR) is 70.7 cm³/mol.